The molecule has 1 aromatic heterocycles. The van der Waals surface area contributed by atoms with Gasteiger partial charge in [-0.05, 0) is 60.7 Å². The summed E-state index contributed by atoms with van der Waals surface area (Å²) in [6.45, 7) is 0. The number of methoxy groups -OCH3 is 1. The number of nitrogens with one attached hydrogen (secondary N) is 5. The maximum absolute atomic E-state index is 12.9. The third-order valence-corrected chi connectivity index (χ3v) is 6.09. The molecule has 0 spiro atoms. The molecule has 5 rings (SSSR count). The number of ether oxygens (including phenoxy) is 1. The van der Waals surface area contributed by atoms with Gasteiger partial charge in [0, 0.05) is 40.2 Å². The fourth-order valence-electron chi connectivity index (χ4n) is 4.21. The maximum atomic E-state index is 12.9. The van der Waals surface area contributed by atoms with Crippen LogP contribution >= 0.6 is 0 Å². The van der Waals surface area contributed by atoms with E-state index in [-0.39, 0.29) is 11.6 Å². The number of esters is 1. The van der Waals surface area contributed by atoms with E-state index in [9.17, 15) is 27.6 Å². The molecule has 1 aliphatic heterocycles. The summed E-state index contributed by atoms with van der Waals surface area (Å²) in [5.74, 6) is -0.794. The van der Waals surface area contributed by atoms with Gasteiger partial charge in [0.25, 0.3) is 5.91 Å². The molecule has 0 aliphatic carbocycles. The molecule has 41 heavy (non-hydrogen) atoms. The summed E-state index contributed by atoms with van der Waals surface area (Å²) in [6.07, 6.45) is -1.39. The van der Waals surface area contributed by atoms with E-state index in [0.717, 1.165) is 12.1 Å². The van der Waals surface area contributed by atoms with E-state index in [0.29, 0.717) is 45.1 Å². The Labute approximate surface area is 231 Å². The standard InChI is InChI=1S/C29H22F3N5O4/c1-41-27(39)16-10-22(33-15-16)13-24-23-9-8-21(14-25(23)37-26(24)38)34-19-6-3-7-20(12-19)36-28(40)35-18-5-2-4-17(11-18)29(30,31)32/h2-15,33-34H,1H3,(H,37,38)(H2,35,36,40)/b24-13-. The van der Waals surface area contributed by atoms with Crippen LogP contribution < -0.4 is 21.3 Å². The zero-order valence-electron chi connectivity index (χ0n) is 21.3. The number of anilines is 5. The Morgan fingerprint density at radius 1 is 0.878 bits per heavy atom. The van der Waals surface area contributed by atoms with Crippen molar-refractivity contribution in [2.45, 2.75) is 6.18 Å². The van der Waals surface area contributed by atoms with Crippen LogP contribution in [0, 0.1) is 0 Å². The zero-order chi connectivity index (χ0) is 29.1. The number of rotatable bonds is 6. The molecule has 0 bridgehead atoms. The summed E-state index contributed by atoms with van der Waals surface area (Å²) < 4.78 is 43.5. The minimum Gasteiger partial charge on any atom is -0.465 e. The van der Waals surface area contributed by atoms with Crippen LogP contribution in [0.1, 0.15) is 27.2 Å². The lowest BCUT2D eigenvalue weighted by Gasteiger charge is -2.12. The minimum absolute atomic E-state index is 0.000355. The van der Waals surface area contributed by atoms with Gasteiger partial charge >= 0.3 is 18.2 Å². The first-order valence-corrected chi connectivity index (χ1v) is 12.2. The zero-order valence-corrected chi connectivity index (χ0v) is 21.3. The van der Waals surface area contributed by atoms with Crippen molar-refractivity contribution in [3.8, 4) is 0 Å². The molecule has 0 radical (unpaired) electrons. The Bertz CT molecular complexity index is 1690. The van der Waals surface area contributed by atoms with Crippen LogP contribution in [0.15, 0.2) is 79.0 Å². The van der Waals surface area contributed by atoms with Gasteiger partial charge in [-0.2, -0.15) is 13.2 Å². The second-order valence-corrected chi connectivity index (χ2v) is 8.97. The topological polar surface area (TPSA) is 124 Å². The first kappa shape index (κ1) is 27.1. The Morgan fingerprint density at radius 3 is 2.29 bits per heavy atom. The van der Waals surface area contributed by atoms with Gasteiger partial charge in [-0.25, -0.2) is 9.59 Å². The van der Waals surface area contributed by atoms with E-state index in [1.807, 2.05) is 0 Å². The number of benzene rings is 3. The van der Waals surface area contributed by atoms with E-state index >= 15 is 0 Å². The predicted molar refractivity (Wildman–Crippen MR) is 149 cm³/mol. The lowest BCUT2D eigenvalue weighted by Crippen LogP contribution is -2.19. The molecule has 3 aromatic carbocycles. The van der Waals surface area contributed by atoms with E-state index in [2.05, 4.69) is 26.3 Å². The molecule has 0 unspecified atom stereocenters. The predicted octanol–water partition coefficient (Wildman–Crippen LogP) is 6.70. The number of H-pyrrole nitrogens is 1. The van der Waals surface area contributed by atoms with E-state index in [4.69, 9.17) is 4.74 Å². The van der Waals surface area contributed by atoms with Crippen LogP contribution in [0.25, 0.3) is 11.6 Å². The number of aromatic amines is 1. The Hall–Kier alpha value is -5.52. The SMILES string of the molecule is COC(=O)c1c[nH]c(/C=C2\C(=O)Nc3cc(Nc4cccc(NC(=O)Nc5cccc(C(F)(F)F)c5)c4)ccc32)c1. The molecule has 0 fully saturated rings. The molecule has 9 nitrogen and oxygen atoms in total. The molecule has 0 saturated heterocycles. The van der Waals surface area contributed by atoms with E-state index in [1.54, 1.807) is 54.6 Å². The van der Waals surface area contributed by atoms with Crippen molar-refractivity contribution in [1.82, 2.24) is 4.98 Å². The highest BCUT2D eigenvalue weighted by Crippen LogP contribution is 2.36. The molecule has 3 amide bonds. The fourth-order valence-corrected chi connectivity index (χ4v) is 4.21. The van der Waals surface area contributed by atoms with Crippen LogP contribution in [-0.2, 0) is 15.7 Å². The van der Waals surface area contributed by atoms with Gasteiger partial charge in [0.05, 0.1) is 29.5 Å². The number of carbonyl (C=O) groups excluding carboxylic acids is 3. The number of amides is 3. The van der Waals surface area contributed by atoms with Crippen LogP contribution in [0.5, 0.6) is 0 Å². The average molecular weight is 562 g/mol. The number of hydrogen-bond donors (Lipinski definition) is 5. The molecule has 0 atom stereocenters. The molecule has 1 aliphatic rings. The number of halogens is 3. The van der Waals surface area contributed by atoms with Gasteiger partial charge in [-0.1, -0.05) is 18.2 Å². The number of fused-ring (bicyclic) bond motifs is 1. The maximum Gasteiger partial charge on any atom is 0.416 e. The summed E-state index contributed by atoms with van der Waals surface area (Å²) >= 11 is 0. The first-order chi connectivity index (χ1) is 19.6. The number of aromatic nitrogens is 1. The molecule has 0 saturated carbocycles. The highest BCUT2D eigenvalue weighted by Gasteiger charge is 2.30. The second-order valence-electron chi connectivity index (χ2n) is 8.97. The van der Waals surface area contributed by atoms with Crippen molar-refractivity contribution in [1.29, 1.82) is 0 Å². The van der Waals surface area contributed by atoms with Crippen LogP contribution in [0.2, 0.25) is 0 Å². The van der Waals surface area contributed by atoms with Gasteiger partial charge in [-0.15, -0.1) is 0 Å². The van der Waals surface area contributed by atoms with E-state index < -0.39 is 23.7 Å². The summed E-state index contributed by atoms with van der Waals surface area (Å²) in [7, 11) is 1.29. The molecule has 208 valence electrons. The van der Waals surface area contributed by atoms with Gasteiger partial charge in [0.15, 0.2) is 0 Å². The lowest BCUT2D eigenvalue weighted by molar-refractivity contribution is -0.137. The summed E-state index contributed by atoms with van der Waals surface area (Å²) in [5.41, 5.74) is 3.38. The van der Waals surface area contributed by atoms with Gasteiger partial charge in [-0.3, -0.25) is 4.79 Å². The highest BCUT2D eigenvalue weighted by molar-refractivity contribution is 6.35. The number of alkyl halides is 3. The largest absolute Gasteiger partial charge is 0.465 e. The quantitative estimate of drug-likeness (QED) is 0.132. The normalized spacial score (nSPS) is 13.4. The number of urea groups is 1. The summed E-state index contributed by atoms with van der Waals surface area (Å²) in [4.78, 5) is 39.7. The molecule has 2 heterocycles. The first-order valence-electron chi connectivity index (χ1n) is 12.2. The Balaban J connectivity index is 1.26. The molecule has 5 N–H and O–H groups in total. The van der Waals surface area contributed by atoms with Crippen LogP contribution in [0.4, 0.5) is 46.4 Å². The monoisotopic (exact) mass is 561 g/mol. The molecule has 12 heteroatoms. The average Bonchev–Trinajstić information content (AvgIpc) is 3.52. The van der Waals surface area contributed by atoms with Crippen molar-refractivity contribution < 1.29 is 32.3 Å². The Kier molecular flexibility index (Phi) is 7.21. The minimum atomic E-state index is -4.52. The van der Waals surface area contributed by atoms with Gasteiger partial charge < -0.3 is 31.0 Å². The van der Waals surface area contributed by atoms with E-state index in [1.165, 1.54) is 25.4 Å². The van der Waals surface area contributed by atoms with Gasteiger partial charge in [0.1, 0.15) is 0 Å². The third kappa shape index (κ3) is 6.22. The van der Waals surface area contributed by atoms with Crippen molar-refractivity contribution in [3.05, 3.63) is 101 Å². The van der Waals surface area contributed by atoms with Gasteiger partial charge in [0.2, 0.25) is 0 Å². The number of hydrogen-bond acceptors (Lipinski definition) is 5. The molecule has 4 aromatic rings. The van der Waals surface area contributed by atoms with Crippen molar-refractivity contribution in [2.75, 3.05) is 28.4 Å². The van der Waals surface area contributed by atoms with Crippen molar-refractivity contribution >= 4 is 58.0 Å². The molecular formula is C29H22F3N5O4. The number of carbonyl (C=O) groups is 3. The summed E-state index contributed by atoms with van der Waals surface area (Å²) in [6, 6.07) is 17.2. The lowest BCUT2D eigenvalue weighted by atomic mass is 10.1. The van der Waals surface area contributed by atoms with Crippen LogP contribution in [0.3, 0.4) is 0 Å². The smallest absolute Gasteiger partial charge is 0.416 e. The highest BCUT2D eigenvalue weighted by atomic mass is 19.4. The molecular weight excluding hydrogens is 539 g/mol. The van der Waals surface area contributed by atoms with Crippen molar-refractivity contribution in [3.63, 3.8) is 0 Å². The van der Waals surface area contributed by atoms with Crippen molar-refractivity contribution in [2.24, 2.45) is 0 Å². The fraction of sp³-hybridized carbons (Fsp3) is 0.0690. The van der Waals surface area contributed by atoms with Crippen LogP contribution in [-0.4, -0.2) is 30.0 Å². The summed E-state index contributed by atoms with van der Waals surface area (Å²) in [5, 5.41) is 11.0. The Morgan fingerprint density at radius 2 is 1.56 bits per heavy atom. The third-order valence-electron chi connectivity index (χ3n) is 6.09. The second kappa shape index (κ2) is 10.9.